The first-order valence-corrected chi connectivity index (χ1v) is 9.23. The molecular formula is C19H19N3O2S. The number of hydrogen-bond donors (Lipinski definition) is 1. The van der Waals surface area contributed by atoms with Gasteiger partial charge >= 0.3 is 6.03 Å². The van der Waals surface area contributed by atoms with E-state index in [1.807, 2.05) is 67.8 Å². The van der Waals surface area contributed by atoms with Gasteiger partial charge in [-0.15, -0.1) is 16.8 Å². The van der Waals surface area contributed by atoms with Gasteiger partial charge in [-0.3, -0.25) is 4.79 Å². The van der Waals surface area contributed by atoms with Crippen LogP contribution in [-0.4, -0.2) is 29.4 Å². The van der Waals surface area contributed by atoms with Crippen LogP contribution in [0.3, 0.4) is 0 Å². The molecule has 3 rings (SSSR count). The quantitative estimate of drug-likeness (QED) is 0.507. The molecule has 0 saturated carbocycles. The maximum absolute atomic E-state index is 12.9. The largest absolute Gasteiger partial charge is 0.346 e. The van der Waals surface area contributed by atoms with Crippen molar-refractivity contribution in [2.24, 2.45) is 5.10 Å². The third kappa shape index (κ3) is 3.17. The van der Waals surface area contributed by atoms with Crippen LogP contribution in [0.15, 0.2) is 64.6 Å². The van der Waals surface area contributed by atoms with Crippen LogP contribution in [0.1, 0.15) is 24.5 Å². The van der Waals surface area contributed by atoms with E-state index in [1.54, 1.807) is 11.8 Å². The summed E-state index contributed by atoms with van der Waals surface area (Å²) >= 11 is 1.65. The molecule has 1 fully saturated rings. The molecule has 2 aromatic carbocycles. The molecule has 0 unspecified atom stereocenters. The molecule has 1 N–H and O–H groups in total. The highest BCUT2D eigenvalue weighted by Crippen LogP contribution is 2.32. The first-order chi connectivity index (χ1) is 12.1. The molecule has 25 heavy (non-hydrogen) atoms. The summed E-state index contributed by atoms with van der Waals surface area (Å²) in [4.78, 5) is 26.4. The molecule has 1 aliphatic heterocycles. The van der Waals surface area contributed by atoms with Crippen molar-refractivity contribution in [3.8, 4) is 0 Å². The Morgan fingerprint density at radius 2 is 1.80 bits per heavy atom. The van der Waals surface area contributed by atoms with Crippen molar-refractivity contribution in [1.82, 2.24) is 10.3 Å². The summed E-state index contributed by atoms with van der Waals surface area (Å²) in [5.74, 6) is -0.358. The number of carbonyl (C=O) groups excluding carboxylic acids is 2. The lowest BCUT2D eigenvalue weighted by molar-refractivity contribution is -0.131. The summed E-state index contributed by atoms with van der Waals surface area (Å²) in [6, 6.07) is 16.5. The molecule has 5 nitrogen and oxygen atoms in total. The van der Waals surface area contributed by atoms with Crippen molar-refractivity contribution in [2.75, 3.05) is 6.26 Å². The molecule has 0 bridgehead atoms. The number of nitrogens with one attached hydrogen (secondary N) is 1. The summed E-state index contributed by atoms with van der Waals surface area (Å²) in [7, 11) is 0. The molecule has 0 radical (unpaired) electrons. The topological polar surface area (TPSA) is 61.8 Å². The molecule has 1 aliphatic rings. The molecule has 0 spiro atoms. The summed E-state index contributed by atoms with van der Waals surface area (Å²) in [6.45, 7) is 1.87. The number of amides is 3. The Morgan fingerprint density at radius 1 is 1.12 bits per heavy atom. The van der Waals surface area contributed by atoms with Crippen LogP contribution < -0.4 is 5.32 Å². The lowest BCUT2D eigenvalue weighted by Crippen LogP contribution is -2.43. The fraction of sp³-hybridized carbons (Fsp3) is 0.211. The van der Waals surface area contributed by atoms with Gasteiger partial charge in [-0.2, -0.15) is 5.10 Å². The highest BCUT2D eigenvalue weighted by Gasteiger charge is 2.51. The van der Waals surface area contributed by atoms with Crippen LogP contribution in [0.2, 0.25) is 0 Å². The van der Waals surface area contributed by atoms with Gasteiger partial charge in [-0.1, -0.05) is 49.4 Å². The minimum atomic E-state index is -1.06. The third-order valence-corrected chi connectivity index (χ3v) is 5.05. The van der Waals surface area contributed by atoms with Crippen LogP contribution in [-0.2, 0) is 10.3 Å². The lowest BCUT2D eigenvalue weighted by Gasteiger charge is -2.24. The molecule has 1 saturated heterocycles. The summed E-state index contributed by atoms with van der Waals surface area (Å²) < 4.78 is 0. The fourth-order valence-electron chi connectivity index (χ4n) is 2.84. The number of thioether (sulfide) groups is 1. The van der Waals surface area contributed by atoms with Crippen LogP contribution in [0.4, 0.5) is 4.79 Å². The number of hydrogen-bond acceptors (Lipinski definition) is 4. The number of urea groups is 1. The monoisotopic (exact) mass is 353 g/mol. The van der Waals surface area contributed by atoms with Crippen molar-refractivity contribution >= 4 is 29.9 Å². The highest BCUT2D eigenvalue weighted by atomic mass is 32.2. The minimum Gasteiger partial charge on any atom is -0.318 e. The molecule has 6 heteroatoms. The van der Waals surface area contributed by atoms with E-state index in [4.69, 9.17) is 0 Å². The maximum Gasteiger partial charge on any atom is 0.346 e. The first kappa shape index (κ1) is 17.2. The van der Waals surface area contributed by atoms with Crippen molar-refractivity contribution in [3.05, 3.63) is 65.7 Å². The van der Waals surface area contributed by atoms with Gasteiger partial charge in [0, 0.05) is 4.90 Å². The molecule has 2 aromatic rings. The van der Waals surface area contributed by atoms with Gasteiger partial charge in [-0.05, 0) is 35.9 Å². The van der Waals surface area contributed by atoms with Crippen LogP contribution in [0.25, 0.3) is 0 Å². The van der Waals surface area contributed by atoms with Crippen LogP contribution in [0.5, 0.6) is 0 Å². The zero-order valence-corrected chi connectivity index (χ0v) is 14.9. The number of imide groups is 1. The van der Waals surface area contributed by atoms with Gasteiger partial charge < -0.3 is 5.32 Å². The van der Waals surface area contributed by atoms with Crippen molar-refractivity contribution in [2.45, 2.75) is 23.8 Å². The number of nitrogens with zero attached hydrogens (tertiary/aromatic N) is 2. The van der Waals surface area contributed by atoms with E-state index in [0.29, 0.717) is 6.42 Å². The Hall–Kier alpha value is -2.60. The van der Waals surface area contributed by atoms with Gasteiger partial charge in [0.15, 0.2) is 0 Å². The zero-order chi connectivity index (χ0) is 17.9. The maximum atomic E-state index is 12.9. The minimum absolute atomic E-state index is 0.358. The lowest BCUT2D eigenvalue weighted by atomic mass is 9.87. The van der Waals surface area contributed by atoms with E-state index in [1.165, 1.54) is 6.21 Å². The smallest absolute Gasteiger partial charge is 0.318 e. The average molecular weight is 353 g/mol. The van der Waals surface area contributed by atoms with Crippen molar-refractivity contribution < 1.29 is 9.59 Å². The molecular weight excluding hydrogens is 334 g/mol. The van der Waals surface area contributed by atoms with Crippen LogP contribution >= 0.6 is 11.8 Å². The second-order valence-corrected chi connectivity index (χ2v) is 6.57. The van der Waals surface area contributed by atoms with E-state index < -0.39 is 11.6 Å². The van der Waals surface area contributed by atoms with Gasteiger partial charge in [0.1, 0.15) is 5.54 Å². The average Bonchev–Trinajstić information content (AvgIpc) is 2.92. The summed E-state index contributed by atoms with van der Waals surface area (Å²) in [5, 5.41) is 7.84. The Kier molecular flexibility index (Phi) is 4.90. The number of rotatable bonds is 5. The first-order valence-electron chi connectivity index (χ1n) is 8.01. The molecule has 1 heterocycles. The second-order valence-electron chi connectivity index (χ2n) is 5.69. The molecule has 0 aromatic heterocycles. The van der Waals surface area contributed by atoms with E-state index in [-0.39, 0.29) is 5.91 Å². The molecule has 0 aliphatic carbocycles. The van der Waals surface area contributed by atoms with Gasteiger partial charge in [0.05, 0.1) is 6.21 Å². The van der Waals surface area contributed by atoms with Gasteiger partial charge in [0.25, 0.3) is 5.91 Å². The Labute approximate surface area is 151 Å². The number of carbonyl (C=O) groups is 2. The van der Waals surface area contributed by atoms with E-state index in [0.717, 1.165) is 21.0 Å². The fourth-order valence-corrected chi connectivity index (χ4v) is 3.25. The van der Waals surface area contributed by atoms with Crippen molar-refractivity contribution in [1.29, 1.82) is 0 Å². The van der Waals surface area contributed by atoms with Crippen LogP contribution in [0, 0.1) is 0 Å². The number of benzene rings is 2. The predicted octanol–water partition coefficient (Wildman–Crippen LogP) is 3.60. The third-order valence-electron chi connectivity index (χ3n) is 4.31. The highest BCUT2D eigenvalue weighted by molar-refractivity contribution is 7.98. The Balaban J connectivity index is 1.86. The Bertz CT molecular complexity index is 805. The van der Waals surface area contributed by atoms with E-state index >= 15 is 0 Å². The van der Waals surface area contributed by atoms with Crippen molar-refractivity contribution in [3.63, 3.8) is 0 Å². The predicted molar refractivity (Wildman–Crippen MR) is 99.6 cm³/mol. The molecule has 1 atom stereocenters. The second kappa shape index (κ2) is 7.11. The zero-order valence-electron chi connectivity index (χ0n) is 14.1. The van der Waals surface area contributed by atoms with Gasteiger partial charge in [-0.25, -0.2) is 4.79 Å². The van der Waals surface area contributed by atoms with E-state index in [9.17, 15) is 9.59 Å². The number of hydrazone groups is 1. The SMILES string of the molecule is CC[C@]1(c2ccccc2)NC(=O)N(/N=C\c2ccc(SC)cc2)C1=O. The Morgan fingerprint density at radius 3 is 2.40 bits per heavy atom. The summed E-state index contributed by atoms with van der Waals surface area (Å²) in [6.07, 6.45) is 3.98. The standard InChI is InChI=1S/C19H19N3O2S/c1-3-19(15-7-5-4-6-8-15)17(23)22(18(24)21-19)20-13-14-9-11-16(25-2)12-10-14/h4-13H,3H2,1-2H3,(H,21,24)/b20-13-/t19-/m1/s1. The normalized spacial score (nSPS) is 20.3. The van der Waals surface area contributed by atoms with Gasteiger partial charge in [0.2, 0.25) is 0 Å². The molecule has 3 amide bonds. The summed E-state index contributed by atoms with van der Waals surface area (Å²) in [5.41, 5.74) is 0.531. The van der Waals surface area contributed by atoms with E-state index in [2.05, 4.69) is 10.4 Å². The molecule has 128 valence electrons.